The molecule has 0 fully saturated rings. The molecule has 0 aliphatic carbocycles. The van der Waals surface area contributed by atoms with Crippen molar-refractivity contribution < 1.29 is 13.3 Å². The topological polar surface area (TPSA) is 115 Å². The number of nitro benzene ring substituents is 1. The molecule has 2 rings (SSSR count). The van der Waals surface area contributed by atoms with Gasteiger partial charge in [-0.3, -0.25) is 10.1 Å². The molecule has 0 aromatic heterocycles. The van der Waals surface area contributed by atoms with Crippen LogP contribution in [0, 0.1) is 10.1 Å². The first kappa shape index (κ1) is 14.9. The number of primary sulfonamides is 1. The van der Waals surface area contributed by atoms with E-state index >= 15 is 0 Å². The van der Waals surface area contributed by atoms with E-state index in [0.29, 0.717) is 12.2 Å². The highest BCUT2D eigenvalue weighted by Gasteiger charge is 2.12. The van der Waals surface area contributed by atoms with Gasteiger partial charge in [-0.1, -0.05) is 24.3 Å². The Hall–Kier alpha value is -2.45. The van der Waals surface area contributed by atoms with Crippen LogP contribution in [0.3, 0.4) is 0 Å². The second kappa shape index (κ2) is 5.90. The van der Waals surface area contributed by atoms with Gasteiger partial charge >= 0.3 is 0 Å². The molecule has 0 unspecified atom stereocenters. The first-order valence-electron chi connectivity index (χ1n) is 5.97. The van der Waals surface area contributed by atoms with Gasteiger partial charge < -0.3 is 5.32 Å². The summed E-state index contributed by atoms with van der Waals surface area (Å²) in [6.07, 6.45) is 0. The maximum atomic E-state index is 11.1. The standard InChI is InChI=1S/C13H13N3O4S/c14-21(19,20)11-7-5-10(6-8-11)9-15-12-3-1-2-4-13(12)16(17)18/h1-8,15H,9H2,(H2,14,19,20). The molecule has 2 aromatic carbocycles. The average Bonchev–Trinajstić information content (AvgIpc) is 2.45. The Morgan fingerprint density at radius 3 is 2.29 bits per heavy atom. The maximum absolute atomic E-state index is 11.1. The van der Waals surface area contributed by atoms with E-state index in [9.17, 15) is 18.5 Å². The minimum Gasteiger partial charge on any atom is -0.375 e. The summed E-state index contributed by atoms with van der Waals surface area (Å²) in [5, 5.41) is 18.8. The minimum atomic E-state index is -3.71. The SMILES string of the molecule is NS(=O)(=O)c1ccc(CNc2ccccc2[N+](=O)[O-])cc1. The lowest BCUT2D eigenvalue weighted by Crippen LogP contribution is -2.12. The van der Waals surface area contributed by atoms with Crippen LogP contribution in [0.5, 0.6) is 0 Å². The molecule has 0 saturated carbocycles. The number of benzene rings is 2. The van der Waals surface area contributed by atoms with Crippen molar-refractivity contribution >= 4 is 21.4 Å². The summed E-state index contributed by atoms with van der Waals surface area (Å²) in [5.74, 6) is 0. The Morgan fingerprint density at radius 2 is 1.71 bits per heavy atom. The monoisotopic (exact) mass is 307 g/mol. The number of para-hydroxylation sites is 2. The first-order chi connectivity index (χ1) is 9.88. The average molecular weight is 307 g/mol. The van der Waals surface area contributed by atoms with Gasteiger partial charge in [0.05, 0.1) is 9.82 Å². The lowest BCUT2D eigenvalue weighted by atomic mass is 10.2. The van der Waals surface area contributed by atoms with Crippen LogP contribution in [0.25, 0.3) is 0 Å². The summed E-state index contributed by atoms with van der Waals surface area (Å²) in [6, 6.07) is 12.3. The fourth-order valence-corrected chi connectivity index (χ4v) is 2.29. The van der Waals surface area contributed by atoms with Gasteiger partial charge in [-0.05, 0) is 23.8 Å². The predicted molar refractivity (Wildman–Crippen MR) is 78.2 cm³/mol. The summed E-state index contributed by atoms with van der Waals surface area (Å²) in [7, 11) is -3.71. The van der Waals surface area contributed by atoms with Crippen molar-refractivity contribution in [3.8, 4) is 0 Å². The Bertz CT molecular complexity index is 757. The van der Waals surface area contributed by atoms with Crippen molar-refractivity contribution in [3.05, 3.63) is 64.2 Å². The largest absolute Gasteiger partial charge is 0.375 e. The highest BCUT2D eigenvalue weighted by Crippen LogP contribution is 2.23. The zero-order valence-electron chi connectivity index (χ0n) is 10.9. The van der Waals surface area contributed by atoms with Crippen molar-refractivity contribution in [1.29, 1.82) is 0 Å². The van der Waals surface area contributed by atoms with Gasteiger partial charge in [0.2, 0.25) is 10.0 Å². The smallest absolute Gasteiger partial charge is 0.292 e. The van der Waals surface area contributed by atoms with E-state index < -0.39 is 14.9 Å². The molecule has 3 N–H and O–H groups in total. The molecule has 2 aromatic rings. The number of sulfonamides is 1. The molecule has 0 atom stereocenters. The van der Waals surface area contributed by atoms with Crippen molar-refractivity contribution in [2.75, 3.05) is 5.32 Å². The number of nitro groups is 1. The molecule has 110 valence electrons. The van der Waals surface area contributed by atoms with Crippen LogP contribution in [0.1, 0.15) is 5.56 Å². The molecule has 0 bridgehead atoms. The van der Waals surface area contributed by atoms with Crippen molar-refractivity contribution in [1.82, 2.24) is 0 Å². The van der Waals surface area contributed by atoms with Crippen LogP contribution in [-0.2, 0) is 16.6 Å². The number of nitrogens with two attached hydrogens (primary N) is 1. The third kappa shape index (κ3) is 3.77. The Kier molecular flexibility index (Phi) is 4.20. The van der Waals surface area contributed by atoms with Crippen LogP contribution in [-0.4, -0.2) is 13.3 Å². The molecule has 0 aliphatic heterocycles. The molecular formula is C13H13N3O4S. The molecule has 8 heteroatoms. The fourth-order valence-electron chi connectivity index (χ4n) is 1.78. The lowest BCUT2D eigenvalue weighted by Gasteiger charge is -2.07. The lowest BCUT2D eigenvalue weighted by molar-refractivity contribution is -0.384. The minimum absolute atomic E-state index is 0.0151. The summed E-state index contributed by atoms with van der Waals surface area (Å²) in [6.45, 7) is 0.329. The number of rotatable bonds is 5. The summed E-state index contributed by atoms with van der Waals surface area (Å²) >= 11 is 0. The molecule has 0 heterocycles. The second-order valence-corrected chi connectivity index (χ2v) is 5.88. The van der Waals surface area contributed by atoms with Gasteiger partial charge in [0, 0.05) is 12.6 Å². The van der Waals surface area contributed by atoms with E-state index in [1.54, 1.807) is 30.3 Å². The van der Waals surface area contributed by atoms with E-state index in [2.05, 4.69) is 5.32 Å². The molecular weight excluding hydrogens is 294 g/mol. The summed E-state index contributed by atoms with van der Waals surface area (Å²) in [5.41, 5.74) is 1.16. The van der Waals surface area contributed by atoms with E-state index in [1.165, 1.54) is 18.2 Å². The summed E-state index contributed by atoms with van der Waals surface area (Å²) in [4.78, 5) is 10.4. The zero-order chi connectivity index (χ0) is 15.5. The molecule has 0 radical (unpaired) electrons. The Labute approximate surface area is 121 Å². The van der Waals surface area contributed by atoms with Gasteiger partial charge in [0.1, 0.15) is 5.69 Å². The molecule has 21 heavy (non-hydrogen) atoms. The molecule has 0 spiro atoms. The zero-order valence-corrected chi connectivity index (χ0v) is 11.7. The number of nitrogens with one attached hydrogen (secondary N) is 1. The predicted octanol–water partition coefficient (Wildman–Crippen LogP) is 1.85. The van der Waals surface area contributed by atoms with Gasteiger partial charge in [-0.15, -0.1) is 0 Å². The molecule has 7 nitrogen and oxygen atoms in total. The van der Waals surface area contributed by atoms with Crippen molar-refractivity contribution in [2.45, 2.75) is 11.4 Å². The van der Waals surface area contributed by atoms with Crippen molar-refractivity contribution in [2.24, 2.45) is 5.14 Å². The molecule has 0 amide bonds. The van der Waals surface area contributed by atoms with Gasteiger partial charge in [0.15, 0.2) is 0 Å². The normalized spacial score (nSPS) is 11.1. The van der Waals surface area contributed by atoms with Crippen LogP contribution < -0.4 is 10.5 Å². The number of nitrogens with zero attached hydrogens (tertiary/aromatic N) is 1. The second-order valence-electron chi connectivity index (χ2n) is 4.32. The quantitative estimate of drug-likeness (QED) is 0.646. The van der Waals surface area contributed by atoms with Gasteiger partial charge in [-0.25, -0.2) is 13.6 Å². The molecule has 0 aliphatic rings. The number of anilines is 1. The van der Waals surface area contributed by atoms with Crippen LogP contribution in [0.4, 0.5) is 11.4 Å². The van der Waals surface area contributed by atoms with Crippen LogP contribution >= 0.6 is 0 Å². The highest BCUT2D eigenvalue weighted by molar-refractivity contribution is 7.89. The number of hydrogen-bond donors (Lipinski definition) is 2. The van der Waals surface area contributed by atoms with E-state index in [4.69, 9.17) is 5.14 Å². The molecule has 0 saturated heterocycles. The van der Waals surface area contributed by atoms with E-state index in [0.717, 1.165) is 5.56 Å². The fraction of sp³-hybridized carbons (Fsp3) is 0.0769. The van der Waals surface area contributed by atoms with Gasteiger partial charge in [0.25, 0.3) is 5.69 Å². The number of hydrogen-bond acceptors (Lipinski definition) is 5. The maximum Gasteiger partial charge on any atom is 0.292 e. The third-order valence-corrected chi connectivity index (χ3v) is 3.76. The Balaban J connectivity index is 2.12. The van der Waals surface area contributed by atoms with E-state index in [-0.39, 0.29) is 10.6 Å². The highest BCUT2D eigenvalue weighted by atomic mass is 32.2. The Morgan fingerprint density at radius 1 is 1.10 bits per heavy atom. The summed E-state index contributed by atoms with van der Waals surface area (Å²) < 4.78 is 22.3. The van der Waals surface area contributed by atoms with E-state index in [1.807, 2.05) is 0 Å². The first-order valence-corrected chi connectivity index (χ1v) is 7.51. The van der Waals surface area contributed by atoms with Crippen LogP contribution in [0.15, 0.2) is 53.4 Å². The van der Waals surface area contributed by atoms with Crippen molar-refractivity contribution in [3.63, 3.8) is 0 Å². The third-order valence-electron chi connectivity index (χ3n) is 2.84. The van der Waals surface area contributed by atoms with Crippen LogP contribution in [0.2, 0.25) is 0 Å². The van der Waals surface area contributed by atoms with Gasteiger partial charge in [-0.2, -0.15) is 0 Å².